The summed E-state index contributed by atoms with van der Waals surface area (Å²) in [5.74, 6) is 0.0396. The molecule has 0 amide bonds. The van der Waals surface area contributed by atoms with Crippen molar-refractivity contribution >= 4 is 0 Å². The Morgan fingerprint density at radius 1 is 1.53 bits per heavy atom. The molecule has 3 nitrogen and oxygen atoms in total. The van der Waals surface area contributed by atoms with Crippen molar-refractivity contribution in [2.75, 3.05) is 20.2 Å². The van der Waals surface area contributed by atoms with Gasteiger partial charge in [0.05, 0.1) is 7.11 Å². The first-order valence-electron chi connectivity index (χ1n) is 5.00. The third kappa shape index (κ3) is 2.11. The molecule has 0 bridgehead atoms. The number of nitrogens with zero attached hydrogens (tertiary/aromatic N) is 1. The molecule has 0 unspecified atom stereocenters. The van der Waals surface area contributed by atoms with E-state index in [9.17, 15) is 4.39 Å². The number of halogens is 1. The summed E-state index contributed by atoms with van der Waals surface area (Å²) in [7, 11) is 1.47. The number of hydrogen-bond acceptors (Lipinski definition) is 3. The first kappa shape index (κ1) is 10.4. The number of likely N-dealkylation sites (tertiary alicyclic amines) is 1. The Labute approximate surface area is 88.6 Å². The molecule has 1 aromatic rings. The first-order valence-corrected chi connectivity index (χ1v) is 5.00. The van der Waals surface area contributed by atoms with Crippen LogP contribution >= 0.6 is 0 Å². The highest BCUT2D eigenvalue weighted by molar-refractivity contribution is 5.31. The summed E-state index contributed by atoms with van der Waals surface area (Å²) >= 11 is 0. The Kier molecular flexibility index (Phi) is 2.88. The van der Waals surface area contributed by atoms with Crippen molar-refractivity contribution in [3.05, 3.63) is 29.6 Å². The molecular formula is C11H15FN2O. The predicted octanol–water partition coefficient (Wildman–Crippen LogP) is 0.977. The Morgan fingerprint density at radius 3 is 2.87 bits per heavy atom. The highest BCUT2D eigenvalue weighted by Gasteiger charge is 2.24. The van der Waals surface area contributed by atoms with Gasteiger partial charge in [0, 0.05) is 31.2 Å². The van der Waals surface area contributed by atoms with Gasteiger partial charge in [-0.3, -0.25) is 4.90 Å². The van der Waals surface area contributed by atoms with Crippen LogP contribution in [-0.2, 0) is 6.54 Å². The van der Waals surface area contributed by atoms with Gasteiger partial charge in [-0.05, 0) is 6.07 Å². The highest BCUT2D eigenvalue weighted by Crippen LogP contribution is 2.22. The second-order valence-corrected chi connectivity index (χ2v) is 3.89. The third-order valence-corrected chi connectivity index (χ3v) is 2.64. The molecule has 0 radical (unpaired) electrons. The molecule has 1 aliphatic rings. The summed E-state index contributed by atoms with van der Waals surface area (Å²) in [6, 6.07) is 5.46. The fourth-order valence-corrected chi connectivity index (χ4v) is 1.82. The molecule has 2 N–H and O–H groups in total. The fraction of sp³-hybridized carbons (Fsp3) is 0.455. The zero-order chi connectivity index (χ0) is 10.8. The van der Waals surface area contributed by atoms with Crippen molar-refractivity contribution < 1.29 is 9.13 Å². The summed E-state index contributed by atoms with van der Waals surface area (Å²) < 4.78 is 18.6. The number of rotatable bonds is 3. The van der Waals surface area contributed by atoms with E-state index in [-0.39, 0.29) is 11.9 Å². The maximum atomic E-state index is 13.7. The SMILES string of the molecule is COc1cccc(CN2CC(N)C2)c1F. The minimum absolute atomic E-state index is 0.249. The average molecular weight is 210 g/mol. The summed E-state index contributed by atoms with van der Waals surface area (Å²) in [6.07, 6.45) is 0. The summed E-state index contributed by atoms with van der Waals surface area (Å²) in [6.45, 7) is 2.30. The van der Waals surface area contributed by atoms with Crippen LogP contribution in [0.3, 0.4) is 0 Å². The zero-order valence-corrected chi connectivity index (χ0v) is 8.74. The van der Waals surface area contributed by atoms with Crippen LogP contribution in [0.4, 0.5) is 4.39 Å². The van der Waals surface area contributed by atoms with E-state index in [4.69, 9.17) is 10.5 Å². The molecule has 0 atom stereocenters. The van der Waals surface area contributed by atoms with E-state index in [1.54, 1.807) is 18.2 Å². The lowest BCUT2D eigenvalue weighted by atomic mass is 10.1. The van der Waals surface area contributed by atoms with Gasteiger partial charge in [-0.15, -0.1) is 0 Å². The van der Waals surface area contributed by atoms with Gasteiger partial charge in [-0.1, -0.05) is 12.1 Å². The Morgan fingerprint density at radius 2 is 2.27 bits per heavy atom. The van der Waals surface area contributed by atoms with E-state index < -0.39 is 0 Å². The summed E-state index contributed by atoms with van der Waals surface area (Å²) in [5.41, 5.74) is 6.32. The van der Waals surface area contributed by atoms with Crippen LogP contribution < -0.4 is 10.5 Å². The average Bonchev–Trinajstić information content (AvgIpc) is 2.18. The fourth-order valence-electron chi connectivity index (χ4n) is 1.82. The van der Waals surface area contributed by atoms with E-state index in [0.29, 0.717) is 17.9 Å². The molecule has 1 aliphatic heterocycles. The van der Waals surface area contributed by atoms with Gasteiger partial charge in [0.1, 0.15) is 0 Å². The first-order chi connectivity index (χ1) is 7.20. The van der Waals surface area contributed by atoms with Crippen molar-refractivity contribution in [1.29, 1.82) is 0 Å². The van der Waals surface area contributed by atoms with Crippen molar-refractivity contribution in [3.63, 3.8) is 0 Å². The lowest BCUT2D eigenvalue weighted by Crippen LogP contribution is -2.54. The molecule has 1 saturated heterocycles. The monoisotopic (exact) mass is 210 g/mol. The molecule has 2 rings (SSSR count). The van der Waals surface area contributed by atoms with Gasteiger partial charge in [0.2, 0.25) is 0 Å². The van der Waals surface area contributed by atoms with E-state index in [0.717, 1.165) is 13.1 Å². The van der Waals surface area contributed by atoms with Crippen LogP contribution in [0.25, 0.3) is 0 Å². The Balaban J connectivity index is 2.07. The maximum absolute atomic E-state index is 13.7. The third-order valence-electron chi connectivity index (χ3n) is 2.64. The van der Waals surface area contributed by atoms with Gasteiger partial charge in [0.15, 0.2) is 11.6 Å². The molecule has 82 valence electrons. The van der Waals surface area contributed by atoms with Gasteiger partial charge < -0.3 is 10.5 Å². The normalized spacial score (nSPS) is 17.5. The predicted molar refractivity (Wildman–Crippen MR) is 56.2 cm³/mol. The molecule has 0 aromatic heterocycles. The smallest absolute Gasteiger partial charge is 0.169 e. The van der Waals surface area contributed by atoms with Gasteiger partial charge in [0.25, 0.3) is 0 Å². The molecule has 4 heteroatoms. The summed E-state index contributed by atoms with van der Waals surface area (Å²) in [5, 5.41) is 0. The molecule has 1 fully saturated rings. The van der Waals surface area contributed by atoms with Crippen molar-refractivity contribution in [1.82, 2.24) is 4.90 Å². The topological polar surface area (TPSA) is 38.5 Å². The number of nitrogens with two attached hydrogens (primary N) is 1. The maximum Gasteiger partial charge on any atom is 0.169 e. The van der Waals surface area contributed by atoms with Crippen molar-refractivity contribution in [2.24, 2.45) is 5.73 Å². The lowest BCUT2D eigenvalue weighted by molar-refractivity contribution is 0.140. The molecule has 0 saturated carbocycles. The number of methoxy groups -OCH3 is 1. The van der Waals surface area contributed by atoms with Gasteiger partial charge in [-0.25, -0.2) is 4.39 Å². The highest BCUT2D eigenvalue weighted by atomic mass is 19.1. The van der Waals surface area contributed by atoms with Crippen LogP contribution in [0, 0.1) is 5.82 Å². The van der Waals surface area contributed by atoms with E-state index in [1.165, 1.54) is 7.11 Å². The molecule has 1 heterocycles. The minimum atomic E-state index is -0.263. The lowest BCUT2D eigenvalue weighted by Gasteiger charge is -2.36. The molecule has 15 heavy (non-hydrogen) atoms. The standard InChI is InChI=1S/C11H15FN2O/c1-15-10-4-2-3-8(11(10)12)5-14-6-9(13)7-14/h2-4,9H,5-7,13H2,1H3. The van der Waals surface area contributed by atoms with Crippen LogP contribution in [0.2, 0.25) is 0 Å². The van der Waals surface area contributed by atoms with Gasteiger partial charge >= 0.3 is 0 Å². The van der Waals surface area contributed by atoms with Crippen LogP contribution in [-0.4, -0.2) is 31.1 Å². The Hall–Kier alpha value is -1.13. The molecule has 0 spiro atoms. The van der Waals surface area contributed by atoms with Crippen LogP contribution in [0.5, 0.6) is 5.75 Å². The number of benzene rings is 1. The van der Waals surface area contributed by atoms with Crippen molar-refractivity contribution in [2.45, 2.75) is 12.6 Å². The van der Waals surface area contributed by atoms with E-state index >= 15 is 0 Å². The zero-order valence-electron chi connectivity index (χ0n) is 8.74. The number of hydrogen-bond donors (Lipinski definition) is 1. The van der Waals surface area contributed by atoms with Gasteiger partial charge in [-0.2, -0.15) is 0 Å². The Bertz CT molecular complexity index is 350. The molecule has 0 aliphatic carbocycles. The quantitative estimate of drug-likeness (QED) is 0.808. The van der Waals surface area contributed by atoms with Crippen LogP contribution in [0.1, 0.15) is 5.56 Å². The number of ether oxygens (including phenoxy) is 1. The van der Waals surface area contributed by atoms with E-state index in [2.05, 4.69) is 4.90 Å². The second-order valence-electron chi connectivity index (χ2n) is 3.89. The van der Waals surface area contributed by atoms with Crippen LogP contribution in [0.15, 0.2) is 18.2 Å². The van der Waals surface area contributed by atoms with E-state index in [1.807, 2.05) is 0 Å². The summed E-state index contributed by atoms with van der Waals surface area (Å²) in [4.78, 5) is 2.11. The largest absolute Gasteiger partial charge is 0.494 e. The van der Waals surface area contributed by atoms with Crippen molar-refractivity contribution in [3.8, 4) is 5.75 Å². The molecular weight excluding hydrogens is 195 g/mol. The minimum Gasteiger partial charge on any atom is -0.494 e. The second kappa shape index (κ2) is 4.16. The molecule has 1 aromatic carbocycles.